The summed E-state index contributed by atoms with van der Waals surface area (Å²) in [6.45, 7) is 1.36. The molecule has 0 saturated heterocycles. The summed E-state index contributed by atoms with van der Waals surface area (Å²) in [6.07, 6.45) is -4.96. The zero-order valence-corrected chi connectivity index (χ0v) is 14.1. The summed E-state index contributed by atoms with van der Waals surface area (Å²) in [6, 6.07) is 11.6. The lowest BCUT2D eigenvalue weighted by Gasteiger charge is -2.09. The summed E-state index contributed by atoms with van der Waals surface area (Å²) in [7, 11) is 0. The van der Waals surface area contributed by atoms with Crippen LogP contribution in [0.25, 0.3) is 0 Å². The molecule has 142 valence electrons. The quantitative estimate of drug-likeness (QED) is 0.617. The summed E-state index contributed by atoms with van der Waals surface area (Å²) in [5.41, 5.74) is 0.883. The van der Waals surface area contributed by atoms with Gasteiger partial charge in [-0.05, 0) is 35.9 Å². The number of nitrogens with one attached hydrogen (secondary N) is 2. The minimum absolute atomic E-state index is 0.0125. The molecule has 2 aromatic rings. The molecule has 9 heteroatoms. The van der Waals surface area contributed by atoms with Crippen molar-refractivity contribution in [2.24, 2.45) is 0 Å². The largest absolute Gasteiger partial charge is 0.471 e. The zero-order valence-electron chi connectivity index (χ0n) is 14.1. The molecular weight excluding hydrogens is 365 g/mol. The Morgan fingerprint density at radius 3 is 2.30 bits per heavy atom. The highest BCUT2D eigenvalue weighted by atomic mass is 19.4. The normalized spacial score (nSPS) is 10.8. The van der Waals surface area contributed by atoms with Crippen LogP contribution in [0.5, 0.6) is 5.75 Å². The Morgan fingerprint density at radius 2 is 1.70 bits per heavy atom. The van der Waals surface area contributed by atoms with Crippen molar-refractivity contribution in [1.82, 2.24) is 5.32 Å². The number of amides is 2. The van der Waals surface area contributed by atoms with Crippen molar-refractivity contribution in [2.45, 2.75) is 19.6 Å². The van der Waals surface area contributed by atoms with Gasteiger partial charge in [0.25, 0.3) is 5.91 Å². The molecule has 2 amide bonds. The first-order valence-corrected chi connectivity index (χ1v) is 7.69. The lowest BCUT2D eigenvalue weighted by molar-refractivity contribution is -0.167. The minimum atomic E-state index is -4.96. The molecule has 0 heterocycles. The third kappa shape index (κ3) is 6.14. The van der Waals surface area contributed by atoms with Crippen molar-refractivity contribution in [3.8, 4) is 5.75 Å². The monoisotopic (exact) mass is 380 g/mol. The molecule has 0 bridgehead atoms. The SMILES string of the molecule is CC(=O)Oc1cccc(C(=O)NCc2ccc(NC(=O)C(F)(F)F)cc2)c1. The van der Waals surface area contributed by atoms with E-state index in [1.807, 2.05) is 0 Å². The second kappa shape index (κ2) is 8.35. The Morgan fingerprint density at radius 1 is 1.04 bits per heavy atom. The van der Waals surface area contributed by atoms with Crippen LogP contribution in [0, 0.1) is 0 Å². The molecule has 0 aromatic heterocycles. The molecule has 0 atom stereocenters. The van der Waals surface area contributed by atoms with Gasteiger partial charge in [0, 0.05) is 24.7 Å². The Bertz CT molecular complexity index is 848. The Hall–Kier alpha value is -3.36. The van der Waals surface area contributed by atoms with Crippen molar-refractivity contribution in [3.05, 3.63) is 59.7 Å². The topological polar surface area (TPSA) is 84.5 Å². The molecular formula is C18H15F3N2O4. The maximum Gasteiger partial charge on any atom is 0.471 e. The Labute approximate surface area is 152 Å². The van der Waals surface area contributed by atoms with Gasteiger partial charge in [-0.15, -0.1) is 0 Å². The molecule has 0 saturated carbocycles. The zero-order chi connectivity index (χ0) is 20.0. The van der Waals surface area contributed by atoms with Crippen LogP contribution in [0.1, 0.15) is 22.8 Å². The van der Waals surface area contributed by atoms with Crippen molar-refractivity contribution < 1.29 is 32.3 Å². The molecule has 6 nitrogen and oxygen atoms in total. The van der Waals surface area contributed by atoms with Crippen LogP contribution in [-0.2, 0) is 16.1 Å². The van der Waals surface area contributed by atoms with E-state index < -0.39 is 24.0 Å². The fourth-order valence-corrected chi connectivity index (χ4v) is 2.06. The van der Waals surface area contributed by atoms with Crippen LogP contribution in [-0.4, -0.2) is 24.0 Å². The van der Waals surface area contributed by atoms with E-state index in [4.69, 9.17) is 4.74 Å². The van der Waals surface area contributed by atoms with Crippen LogP contribution in [0.3, 0.4) is 0 Å². The predicted octanol–water partition coefficient (Wildman–Crippen LogP) is 3.04. The fraction of sp³-hybridized carbons (Fsp3) is 0.167. The standard InChI is InChI=1S/C18H15F3N2O4/c1-11(24)27-15-4-2-3-13(9-15)16(25)22-10-12-5-7-14(8-6-12)23-17(26)18(19,20)21/h2-9H,10H2,1H3,(H,22,25)(H,23,26). The lowest BCUT2D eigenvalue weighted by Crippen LogP contribution is -2.29. The number of rotatable bonds is 5. The fourth-order valence-electron chi connectivity index (χ4n) is 2.06. The number of esters is 1. The molecule has 0 fully saturated rings. The minimum Gasteiger partial charge on any atom is -0.427 e. The number of alkyl halides is 3. The molecule has 0 spiro atoms. The van der Waals surface area contributed by atoms with E-state index >= 15 is 0 Å². The lowest BCUT2D eigenvalue weighted by atomic mass is 10.1. The van der Waals surface area contributed by atoms with Crippen molar-refractivity contribution in [3.63, 3.8) is 0 Å². The van der Waals surface area contributed by atoms with Crippen LogP contribution in [0.2, 0.25) is 0 Å². The van der Waals surface area contributed by atoms with E-state index in [1.165, 1.54) is 49.4 Å². The smallest absolute Gasteiger partial charge is 0.427 e. The highest BCUT2D eigenvalue weighted by Crippen LogP contribution is 2.18. The van der Waals surface area contributed by atoms with E-state index in [0.717, 1.165) is 0 Å². The molecule has 2 aromatic carbocycles. The van der Waals surface area contributed by atoms with Gasteiger partial charge in [0.2, 0.25) is 0 Å². The summed E-state index contributed by atoms with van der Waals surface area (Å²) >= 11 is 0. The number of anilines is 1. The summed E-state index contributed by atoms with van der Waals surface area (Å²) in [5.74, 6) is -2.75. The van der Waals surface area contributed by atoms with E-state index in [-0.39, 0.29) is 23.5 Å². The number of carbonyl (C=O) groups excluding carboxylic acids is 3. The predicted molar refractivity (Wildman–Crippen MR) is 90.0 cm³/mol. The Balaban J connectivity index is 1.94. The van der Waals surface area contributed by atoms with Gasteiger partial charge in [0.1, 0.15) is 5.75 Å². The average molecular weight is 380 g/mol. The number of ether oxygens (including phenoxy) is 1. The van der Waals surface area contributed by atoms with Crippen LogP contribution >= 0.6 is 0 Å². The third-order valence-corrected chi connectivity index (χ3v) is 3.28. The highest BCUT2D eigenvalue weighted by molar-refractivity contribution is 5.95. The number of hydrogen-bond donors (Lipinski definition) is 2. The van der Waals surface area contributed by atoms with Crippen LogP contribution < -0.4 is 15.4 Å². The van der Waals surface area contributed by atoms with E-state index in [2.05, 4.69) is 5.32 Å². The van der Waals surface area contributed by atoms with Crippen molar-refractivity contribution in [2.75, 3.05) is 5.32 Å². The summed E-state index contributed by atoms with van der Waals surface area (Å²) in [5, 5.41) is 4.36. The first kappa shape index (κ1) is 20.0. The molecule has 0 aliphatic carbocycles. The number of carbonyl (C=O) groups is 3. The number of benzene rings is 2. The van der Waals surface area contributed by atoms with Gasteiger partial charge in [-0.25, -0.2) is 0 Å². The van der Waals surface area contributed by atoms with Crippen molar-refractivity contribution in [1.29, 1.82) is 0 Å². The molecule has 2 N–H and O–H groups in total. The molecule has 2 rings (SSSR count). The van der Waals surface area contributed by atoms with E-state index in [0.29, 0.717) is 5.56 Å². The van der Waals surface area contributed by atoms with Gasteiger partial charge in [-0.1, -0.05) is 18.2 Å². The van der Waals surface area contributed by atoms with Crippen LogP contribution in [0.15, 0.2) is 48.5 Å². The second-order valence-corrected chi connectivity index (χ2v) is 5.45. The first-order chi connectivity index (χ1) is 12.6. The van der Waals surface area contributed by atoms with E-state index in [1.54, 1.807) is 11.4 Å². The second-order valence-electron chi connectivity index (χ2n) is 5.45. The molecule has 0 radical (unpaired) electrons. The summed E-state index contributed by atoms with van der Waals surface area (Å²) < 4.78 is 41.5. The Kier molecular flexibility index (Phi) is 6.17. The van der Waals surface area contributed by atoms with Gasteiger partial charge in [-0.3, -0.25) is 14.4 Å². The van der Waals surface area contributed by atoms with Gasteiger partial charge in [0.05, 0.1) is 0 Å². The first-order valence-electron chi connectivity index (χ1n) is 7.69. The molecule has 0 unspecified atom stereocenters. The van der Waals surface area contributed by atoms with Gasteiger partial charge >= 0.3 is 18.1 Å². The maximum atomic E-state index is 12.2. The highest BCUT2D eigenvalue weighted by Gasteiger charge is 2.38. The molecule has 27 heavy (non-hydrogen) atoms. The molecule has 0 aliphatic heterocycles. The van der Waals surface area contributed by atoms with Crippen LogP contribution in [0.4, 0.5) is 18.9 Å². The molecule has 0 aliphatic rings. The van der Waals surface area contributed by atoms with Gasteiger partial charge in [-0.2, -0.15) is 13.2 Å². The van der Waals surface area contributed by atoms with Gasteiger partial charge < -0.3 is 15.4 Å². The van der Waals surface area contributed by atoms with Gasteiger partial charge in [0.15, 0.2) is 0 Å². The van der Waals surface area contributed by atoms with E-state index in [9.17, 15) is 27.6 Å². The number of halogens is 3. The third-order valence-electron chi connectivity index (χ3n) is 3.28. The average Bonchev–Trinajstić information content (AvgIpc) is 2.59. The maximum absolute atomic E-state index is 12.2. The summed E-state index contributed by atoms with van der Waals surface area (Å²) in [4.78, 5) is 33.9. The number of hydrogen-bond acceptors (Lipinski definition) is 4. The van der Waals surface area contributed by atoms with Crippen molar-refractivity contribution >= 4 is 23.5 Å².